The molecule has 2 saturated heterocycles. The molecule has 4 heteroatoms. The van der Waals surface area contributed by atoms with Crippen LogP contribution in [0, 0.1) is 5.92 Å². The van der Waals surface area contributed by atoms with Crippen molar-refractivity contribution in [1.82, 2.24) is 5.32 Å². The largest absolute Gasteiger partial charge is 0.381 e. The van der Waals surface area contributed by atoms with Crippen molar-refractivity contribution in [3.05, 3.63) is 0 Å². The zero-order valence-electron chi connectivity index (χ0n) is 11.9. The Bertz CT molecular complexity index is 248. The number of nitrogens with one attached hydrogen (secondary N) is 1. The van der Waals surface area contributed by atoms with E-state index in [2.05, 4.69) is 12.2 Å². The molecule has 106 valence electrons. The van der Waals surface area contributed by atoms with E-state index < -0.39 is 0 Å². The molecule has 0 saturated carbocycles. The Balaban J connectivity index is 2.00. The predicted molar refractivity (Wildman–Crippen MR) is 70.8 cm³/mol. The Kier molecular flexibility index (Phi) is 5.01. The van der Waals surface area contributed by atoms with Crippen LogP contribution in [0.25, 0.3) is 0 Å². The minimum atomic E-state index is 0.0731. The van der Waals surface area contributed by atoms with Gasteiger partial charge >= 0.3 is 0 Å². The molecule has 0 bridgehead atoms. The number of ether oxygens (including phenoxy) is 3. The third-order valence-corrected chi connectivity index (χ3v) is 4.65. The van der Waals surface area contributed by atoms with Crippen LogP contribution < -0.4 is 5.32 Å². The highest BCUT2D eigenvalue weighted by molar-refractivity contribution is 4.93. The number of hydrogen-bond donors (Lipinski definition) is 1. The molecule has 0 aromatic heterocycles. The number of methoxy groups -OCH3 is 1. The van der Waals surface area contributed by atoms with E-state index in [0.29, 0.717) is 12.0 Å². The van der Waals surface area contributed by atoms with Crippen molar-refractivity contribution in [2.24, 2.45) is 5.92 Å². The third kappa shape index (κ3) is 3.05. The summed E-state index contributed by atoms with van der Waals surface area (Å²) in [6.45, 7) is 4.71. The van der Waals surface area contributed by atoms with Crippen LogP contribution in [0.15, 0.2) is 0 Å². The molecule has 2 heterocycles. The van der Waals surface area contributed by atoms with Crippen LogP contribution in [0.5, 0.6) is 0 Å². The van der Waals surface area contributed by atoms with E-state index in [9.17, 15) is 0 Å². The van der Waals surface area contributed by atoms with E-state index in [1.54, 1.807) is 7.11 Å². The van der Waals surface area contributed by atoms with E-state index in [1.807, 2.05) is 7.05 Å². The summed E-state index contributed by atoms with van der Waals surface area (Å²) in [7, 11) is 3.82. The molecule has 4 nitrogen and oxygen atoms in total. The second kappa shape index (κ2) is 6.33. The minimum Gasteiger partial charge on any atom is -0.381 e. The van der Waals surface area contributed by atoms with Crippen LogP contribution in [0.2, 0.25) is 0 Å². The molecule has 0 amide bonds. The fourth-order valence-electron chi connectivity index (χ4n) is 3.46. The van der Waals surface area contributed by atoms with Gasteiger partial charge in [0.15, 0.2) is 0 Å². The van der Waals surface area contributed by atoms with Crippen molar-refractivity contribution in [2.75, 3.05) is 34.0 Å². The summed E-state index contributed by atoms with van der Waals surface area (Å²) >= 11 is 0. The maximum absolute atomic E-state index is 6.10. The van der Waals surface area contributed by atoms with Gasteiger partial charge in [-0.25, -0.2) is 0 Å². The molecule has 1 spiro atoms. The molecule has 2 aliphatic rings. The molecule has 3 atom stereocenters. The Morgan fingerprint density at radius 3 is 2.61 bits per heavy atom. The normalized spacial score (nSPS) is 31.2. The summed E-state index contributed by atoms with van der Waals surface area (Å²) in [6.07, 6.45) is 4.59. The molecule has 0 aromatic rings. The zero-order valence-corrected chi connectivity index (χ0v) is 11.9. The molecule has 2 fully saturated rings. The monoisotopic (exact) mass is 257 g/mol. The second-order valence-corrected chi connectivity index (χ2v) is 5.65. The lowest BCUT2D eigenvalue weighted by molar-refractivity contribution is -0.153. The van der Waals surface area contributed by atoms with E-state index in [-0.39, 0.29) is 11.7 Å². The first-order chi connectivity index (χ1) is 8.71. The standard InChI is InChI=1S/C14H27NO3/c1-11(16-3)13(15-2)12-4-7-18-14(10-12)5-8-17-9-6-14/h11-13,15H,4-10H2,1-3H3. The second-order valence-electron chi connectivity index (χ2n) is 5.65. The highest BCUT2D eigenvalue weighted by atomic mass is 16.5. The molecule has 18 heavy (non-hydrogen) atoms. The van der Waals surface area contributed by atoms with Crippen molar-refractivity contribution >= 4 is 0 Å². The number of hydrogen-bond acceptors (Lipinski definition) is 4. The lowest BCUT2D eigenvalue weighted by atomic mass is 9.76. The molecule has 2 aliphatic heterocycles. The van der Waals surface area contributed by atoms with Gasteiger partial charge in [0.1, 0.15) is 0 Å². The van der Waals surface area contributed by atoms with Gasteiger partial charge in [-0.15, -0.1) is 0 Å². The van der Waals surface area contributed by atoms with Crippen molar-refractivity contribution < 1.29 is 14.2 Å². The molecule has 3 unspecified atom stereocenters. The number of rotatable bonds is 4. The van der Waals surface area contributed by atoms with Crippen LogP contribution in [-0.4, -0.2) is 51.7 Å². The van der Waals surface area contributed by atoms with Crippen LogP contribution in [0.1, 0.15) is 32.6 Å². The Labute approximate surface area is 110 Å². The molecule has 0 aromatic carbocycles. The first-order valence-corrected chi connectivity index (χ1v) is 7.12. The Hall–Kier alpha value is -0.160. The van der Waals surface area contributed by atoms with E-state index in [0.717, 1.165) is 45.5 Å². The lowest BCUT2D eigenvalue weighted by Crippen LogP contribution is -2.52. The van der Waals surface area contributed by atoms with Crippen molar-refractivity contribution in [3.63, 3.8) is 0 Å². The average Bonchev–Trinajstić information content (AvgIpc) is 2.40. The van der Waals surface area contributed by atoms with Gasteiger partial charge in [0.25, 0.3) is 0 Å². The SMILES string of the molecule is CNC(C1CCOC2(CCOCC2)C1)C(C)OC. The first kappa shape index (κ1) is 14.3. The third-order valence-electron chi connectivity index (χ3n) is 4.65. The highest BCUT2D eigenvalue weighted by Gasteiger charge is 2.41. The Morgan fingerprint density at radius 1 is 1.28 bits per heavy atom. The molecule has 1 N–H and O–H groups in total. The van der Waals surface area contributed by atoms with Gasteiger partial charge in [-0.1, -0.05) is 0 Å². The van der Waals surface area contributed by atoms with E-state index >= 15 is 0 Å². The quantitative estimate of drug-likeness (QED) is 0.830. The molecule has 0 radical (unpaired) electrons. The molecule has 0 aliphatic carbocycles. The van der Waals surface area contributed by atoms with Crippen molar-refractivity contribution in [2.45, 2.75) is 50.4 Å². The van der Waals surface area contributed by atoms with E-state index in [4.69, 9.17) is 14.2 Å². The van der Waals surface area contributed by atoms with Gasteiger partial charge in [-0.3, -0.25) is 0 Å². The van der Waals surface area contributed by atoms with Gasteiger partial charge in [0.05, 0.1) is 11.7 Å². The first-order valence-electron chi connectivity index (χ1n) is 7.12. The van der Waals surface area contributed by atoms with Gasteiger partial charge in [-0.05, 0) is 45.6 Å². The van der Waals surface area contributed by atoms with Crippen LogP contribution in [0.3, 0.4) is 0 Å². The van der Waals surface area contributed by atoms with Gasteiger partial charge in [-0.2, -0.15) is 0 Å². The predicted octanol–water partition coefficient (Wildman–Crippen LogP) is 1.59. The van der Waals surface area contributed by atoms with Crippen molar-refractivity contribution in [1.29, 1.82) is 0 Å². The van der Waals surface area contributed by atoms with Crippen molar-refractivity contribution in [3.8, 4) is 0 Å². The van der Waals surface area contributed by atoms with Crippen LogP contribution in [0.4, 0.5) is 0 Å². The molecular weight excluding hydrogens is 230 g/mol. The smallest absolute Gasteiger partial charge is 0.0729 e. The van der Waals surface area contributed by atoms with Crippen LogP contribution in [-0.2, 0) is 14.2 Å². The Morgan fingerprint density at radius 2 is 2.00 bits per heavy atom. The summed E-state index contributed by atoms with van der Waals surface area (Å²) < 4.78 is 17.1. The topological polar surface area (TPSA) is 39.7 Å². The fourth-order valence-corrected chi connectivity index (χ4v) is 3.46. The summed E-state index contributed by atoms with van der Waals surface area (Å²) in [5, 5.41) is 3.43. The fraction of sp³-hybridized carbons (Fsp3) is 1.00. The maximum atomic E-state index is 6.10. The average molecular weight is 257 g/mol. The number of likely N-dealkylation sites (N-methyl/N-ethyl adjacent to an activating group) is 1. The van der Waals surface area contributed by atoms with Crippen LogP contribution >= 0.6 is 0 Å². The summed E-state index contributed by atoms with van der Waals surface area (Å²) in [5.41, 5.74) is 0.0731. The van der Waals surface area contributed by atoms with Gasteiger partial charge in [0.2, 0.25) is 0 Å². The van der Waals surface area contributed by atoms with Gasteiger partial charge < -0.3 is 19.5 Å². The summed E-state index contributed by atoms with van der Waals surface area (Å²) in [6, 6.07) is 0.415. The lowest BCUT2D eigenvalue weighted by Gasteiger charge is -2.46. The zero-order chi connectivity index (χ0) is 13.0. The molecule has 2 rings (SSSR count). The van der Waals surface area contributed by atoms with Gasteiger partial charge in [0, 0.05) is 33.0 Å². The summed E-state index contributed by atoms with van der Waals surface area (Å²) in [4.78, 5) is 0. The summed E-state index contributed by atoms with van der Waals surface area (Å²) in [5.74, 6) is 0.636. The van der Waals surface area contributed by atoms with E-state index in [1.165, 1.54) is 0 Å². The molecular formula is C14H27NO3. The highest BCUT2D eigenvalue weighted by Crippen LogP contribution is 2.38. The minimum absolute atomic E-state index is 0.0731. The maximum Gasteiger partial charge on any atom is 0.0729 e.